The third kappa shape index (κ3) is 5.16. The first-order valence-corrected chi connectivity index (χ1v) is 9.32. The van der Waals surface area contributed by atoms with Crippen LogP contribution < -0.4 is 10.6 Å². The van der Waals surface area contributed by atoms with Crippen LogP contribution in [0.15, 0.2) is 18.2 Å². The van der Waals surface area contributed by atoms with E-state index in [1.807, 2.05) is 6.92 Å². The highest BCUT2D eigenvalue weighted by molar-refractivity contribution is 6.33. The molecule has 6 nitrogen and oxygen atoms in total. The Morgan fingerprint density at radius 1 is 1.27 bits per heavy atom. The fraction of sp³-hybridized carbons (Fsp3) is 0.556. The Kier molecular flexibility index (Phi) is 6.11. The lowest BCUT2D eigenvalue weighted by molar-refractivity contribution is -0.124. The highest BCUT2D eigenvalue weighted by atomic mass is 35.5. The first kappa shape index (κ1) is 19.1. The lowest BCUT2D eigenvalue weighted by Crippen LogP contribution is -2.54. The van der Waals surface area contributed by atoms with E-state index in [4.69, 9.17) is 11.6 Å². The van der Waals surface area contributed by atoms with E-state index >= 15 is 0 Å². The average molecular weight is 383 g/mol. The number of halogens is 2. The second kappa shape index (κ2) is 8.33. The van der Waals surface area contributed by atoms with Gasteiger partial charge in [0, 0.05) is 32.2 Å². The zero-order chi connectivity index (χ0) is 18.7. The molecule has 2 amide bonds. The number of nitrogens with zero attached hydrogens (tertiary/aromatic N) is 2. The van der Waals surface area contributed by atoms with E-state index in [1.165, 1.54) is 18.2 Å². The molecule has 0 radical (unpaired) electrons. The summed E-state index contributed by atoms with van der Waals surface area (Å²) in [7, 11) is 0. The molecule has 0 aromatic heterocycles. The van der Waals surface area contributed by atoms with Gasteiger partial charge in [0.05, 0.1) is 23.3 Å². The van der Waals surface area contributed by atoms with Crippen molar-refractivity contribution < 1.29 is 14.0 Å². The maximum atomic E-state index is 13.1. The zero-order valence-corrected chi connectivity index (χ0v) is 15.6. The lowest BCUT2D eigenvalue weighted by Gasteiger charge is -2.37. The van der Waals surface area contributed by atoms with E-state index in [0.29, 0.717) is 31.4 Å². The second-order valence-electron chi connectivity index (χ2n) is 6.94. The van der Waals surface area contributed by atoms with Gasteiger partial charge >= 0.3 is 0 Å². The van der Waals surface area contributed by atoms with Crippen LogP contribution in [0.25, 0.3) is 0 Å². The number of rotatable bonds is 6. The Morgan fingerprint density at radius 2 is 1.96 bits per heavy atom. The normalized spacial score (nSPS) is 19.8. The summed E-state index contributed by atoms with van der Waals surface area (Å²) in [5.41, 5.74) is 0.403. The van der Waals surface area contributed by atoms with Crippen molar-refractivity contribution in [2.24, 2.45) is 0 Å². The predicted octanol–water partition coefficient (Wildman–Crippen LogP) is 1.70. The van der Waals surface area contributed by atoms with Crippen molar-refractivity contribution >= 4 is 29.1 Å². The van der Waals surface area contributed by atoms with Crippen LogP contribution in [0.1, 0.15) is 19.8 Å². The minimum Gasteiger partial charge on any atom is -0.352 e. The summed E-state index contributed by atoms with van der Waals surface area (Å²) < 4.78 is 13.1. The number of carbonyl (C=O) groups is 2. The molecule has 1 saturated heterocycles. The average Bonchev–Trinajstić information content (AvgIpc) is 3.41. The van der Waals surface area contributed by atoms with Crippen molar-refractivity contribution in [3.05, 3.63) is 29.0 Å². The van der Waals surface area contributed by atoms with E-state index < -0.39 is 5.82 Å². The molecular weight excluding hydrogens is 359 g/mol. The summed E-state index contributed by atoms with van der Waals surface area (Å²) in [6, 6.07) is 3.94. The standard InChI is InChI=1S/C18H24ClFN4O2/c1-12(18(26)22-16-5-2-13(20)10-15(16)19)24-8-6-23(7-9-24)11-17(25)21-14-3-4-14/h2,5,10,12,14H,3-4,6-9,11H2,1H3,(H,21,25)(H,22,26). The van der Waals surface area contributed by atoms with Crippen LogP contribution in [0, 0.1) is 5.82 Å². The van der Waals surface area contributed by atoms with Crippen LogP contribution in [-0.4, -0.2) is 66.4 Å². The van der Waals surface area contributed by atoms with Gasteiger partial charge in [-0.25, -0.2) is 4.39 Å². The minimum atomic E-state index is -0.442. The van der Waals surface area contributed by atoms with Crippen molar-refractivity contribution in [3.63, 3.8) is 0 Å². The molecule has 2 aliphatic rings. The maximum Gasteiger partial charge on any atom is 0.241 e. The number of benzene rings is 1. The number of anilines is 1. The summed E-state index contributed by atoms with van der Waals surface area (Å²) in [5, 5.41) is 5.92. The van der Waals surface area contributed by atoms with Crippen molar-refractivity contribution in [1.29, 1.82) is 0 Å². The fourth-order valence-corrected chi connectivity index (χ4v) is 3.22. The van der Waals surface area contributed by atoms with Gasteiger partial charge < -0.3 is 10.6 Å². The molecule has 1 heterocycles. The molecule has 1 atom stereocenters. The number of amides is 2. The molecule has 1 aromatic carbocycles. The molecule has 8 heteroatoms. The van der Waals surface area contributed by atoms with Crippen LogP contribution in [-0.2, 0) is 9.59 Å². The molecule has 1 aliphatic carbocycles. The van der Waals surface area contributed by atoms with Crippen molar-refractivity contribution in [2.45, 2.75) is 31.8 Å². The van der Waals surface area contributed by atoms with Crippen LogP contribution >= 0.6 is 11.6 Å². The Labute approximate surface area is 157 Å². The number of hydrogen-bond donors (Lipinski definition) is 2. The largest absolute Gasteiger partial charge is 0.352 e. The van der Waals surface area contributed by atoms with Gasteiger partial charge in [0.1, 0.15) is 5.82 Å². The van der Waals surface area contributed by atoms with Crippen LogP contribution in [0.3, 0.4) is 0 Å². The third-order valence-corrected chi connectivity index (χ3v) is 5.15. The molecule has 1 aliphatic heterocycles. The maximum absolute atomic E-state index is 13.1. The van der Waals surface area contributed by atoms with Crippen LogP contribution in [0.4, 0.5) is 10.1 Å². The minimum absolute atomic E-state index is 0.0812. The number of piperazine rings is 1. The highest BCUT2D eigenvalue weighted by Crippen LogP contribution is 2.23. The second-order valence-corrected chi connectivity index (χ2v) is 7.35. The number of carbonyl (C=O) groups excluding carboxylic acids is 2. The molecular formula is C18H24ClFN4O2. The third-order valence-electron chi connectivity index (χ3n) is 4.83. The van der Waals surface area contributed by atoms with Gasteiger partial charge in [0.2, 0.25) is 11.8 Å². The van der Waals surface area contributed by atoms with E-state index in [-0.39, 0.29) is 22.9 Å². The quantitative estimate of drug-likeness (QED) is 0.786. The topological polar surface area (TPSA) is 64.7 Å². The number of hydrogen-bond acceptors (Lipinski definition) is 4. The predicted molar refractivity (Wildman–Crippen MR) is 98.7 cm³/mol. The summed E-state index contributed by atoms with van der Waals surface area (Å²) in [6.07, 6.45) is 2.18. The molecule has 142 valence electrons. The molecule has 0 spiro atoms. The Balaban J connectivity index is 1.45. The van der Waals surface area contributed by atoms with Gasteiger partial charge in [0.25, 0.3) is 0 Å². The number of nitrogens with one attached hydrogen (secondary N) is 2. The van der Waals surface area contributed by atoms with E-state index in [2.05, 4.69) is 20.4 Å². The molecule has 1 unspecified atom stereocenters. The van der Waals surface area contributed by atoms with Crippen molar-refractivity contribution in [1.82, 2.24) is 15.1 Å². The summed E-state index contributed by atoms with van der Waals surface area (Å²) in [4.78, 5) is 28.5. The van der Waals surface area contributed by atoms with Gasteiger partial charge in [-0.2, -0.15) is 0 Å². The van der Waals surface area contributed by atoms with Gasteiger partial charge in [0.15, 0.2) is 0 Å². The van der Waals surface area contributed by atoms with E-state index in [1.54, 1.807) is 0 Å². The lowest BCUT2D eigenvalue weighted by atomic mass is 10.2. The molecule has 26 heavy (non-hydrogen) atoms. The molecule has 2 N–H and O–H groups in total. The first-order valence-electron chi connectivity index (χ1n) is 8.94. The summed E-state index contributed by atoms with van der Waals surface area (Å²) in [6.45, 7) is 5.16. The highest BCUT2D eigenvalue weighted by Gasteiger charge is 2.28. The summed E-state index contributed by atoms with van der Waals surface area (Å²) >= 11 is 5.96. The van der Waals surface area contributed by atoms with E-state index in [0.717, 1.165) is 25.9 Å². The van der Waals surface area contributed by atoms with Gasteiger partial charge in [-0.05, 0) is 38.0 Å². The van der Waals surface area contributed by atoms with Gasteiger partial charge in [-0.15, -0.1) is 0 Å². The first-order chi connectivity index (χ1) is 12.4. The van der Waals surface area contributed by atoms with Crippen LogP contribution in [0.2, 0.25) is 5.02 Å². The van der Waals surface area contributed by atoms with Gasteiger partial charge in [-0.3, -0.25) is 19.4 Å². The molecule has 3 rings (SSSR count). The molecule has 2 fully saturated rings. The Bertz CT molecular complexity index is 675. The summed E-state index contributed by atoms with van der Waals surface area (Å²) in [5.74, 6) is -0.543. The molecule has 0 bridgehead atoms. The smallest absolute Gasteiger partial charge is 0.241 e. The fourth-order valence-electron chi connectivity index (χ4n) is 3.01. The van der Waals surface area contributed by atoms with Crippen molar-refractivity contribution in [2.75, 3.05) is 38.0 Å². The SMILES string of the molecule is CC(C(=O)Nc1ccc(F)cc1Cl)N1CCN(CC(=O)NC2CC2)CC1. The van der Waals surface area contributed by atoms with Crippen LogP contribution in [0.5, 0.6) is 0 Å². The zero-order valence-electron chi connectivity index (χ0n) is 14.8. The molecule has 1 saturated carbocycles. The van der Waals surface area contributed by atoms with E-state index in [9.17, 15) is 14.0 Å². The van der Waals surface area contributed by atoms with Gasteiger partial charge in [-0.1, -0.05) is 11.6 Å². The Hall–Kier alpha value is -1.70. The monoisotopic (exact) mass is 382 g/mol. The van der Waals surface area contributed by atoms with Crippen molar-refractivity contribution in [3.8, 4) is 0 Å². The molecule has 1 aromatic rings. The Morgan fingerprint density at radius 3 is 2.58 bits per heavy atom.